The Morgan fingerprint density at radius 3 is 2.91 bits per heavy atom. The van der Waals surface area contributed by atoms with Crippen molar-refractivity contribution in [2.45, 2.75) is 32.2 Å². The first-order valence-corrected chi connectivity index (χ1v) is 4.07. The third kappa shape index (κ3) is 5.80. The predicted octanol–water partition coefficient (Wildman–Crippen LogP) is 1.43. The molecule has 0 aliphatic heterocycles. The van der Waals surface area contributed by atoms with Crippen molar-refractivity contribution >= 4 is 6.29 Å². The molecule has 0 aromatic rings. The number of hydrogen-bond acceptors (Lipinski definition) is 2. The highest BCUT2D eigenvalue weighted by atomic mass is 16.1. The first-order valence-electron chi connectivity index (χ1n) is 4.07. The van der Waals surface area contributed by atoms with Gasteiger partial charge in [-0.15, -0.1) is 6.58 Å². The van der Waals surface area contributed by atoms with Crippen LogP contribution in [0.2, 0.25) is 0 Å². The van der Waals surface area contributed by atoms with Crippen LogP contribution in [0.4, 0.5) is 0 Å². The Bertz CT molecular complexity index is 112. The summed E-state index contributed by atoms with van der Waals surface area (Å²) in [5, 5.41) is 3.01. The van der Waals surface area contributed by atoms with Gasteiger partial charge in [-0.3, -0.25) is 4.79 Å². The lowest BCUT2D eigenvalue weighted by Crippen LogP contribution is -2.30. The highest BCUT2D eigenvalue weighted by molar-refractivity contribution is 5.58. The molecule has 1 unspecified atom stereocenters. The van der Waals surface area contributed by atoms with Crippen molar-refractivity contribution in [3.63, 3.8) is 0 Å². The second-order valence-corrected chi connectivity index (χ2v) is 2.51. The van der Waals surface area contributed by atoms with Crippen molar-refractivity contribution in [2.24, 2.45) is 0 Å². The van der Waals surface area contributed by atoms with Crippen LogP contribution in [0.25, 0.3) is 0 Å². The quantitative estimate of drug-likeness (QED) is 0.562. The zero-order valence-corrected chi connectivity index (χ0v) is 7.10. The van der Waals surface area contributed by atoms with Crippen molar-refractivity contribution in [1.82, 2.24) is 5.32 Å². The Hall–Kier alpha value is -0.630. The average molecular weight is 154 g/mol. The van der Waals surface area contributed by atoms with Crippen molar-refractivity contribution in [3.8, 4) is 0 Å². The maximum Gasteiger partial charge on any atom is 0.216 e. The van der Waals surface area contributed by atoms with Crippen molar-refractivity contribution in [3.05, 3.63) is 12.7 Å². The molecule has 1 radical (unpaired) electrons. The van der Waals surface area contributed by atoms with E-state index in [1.54, 1.807) is 6.08 Å². The minimum atomic E-state index is -0.104. The molecule has 0 aliphatic carbocycles. The van der Waals surface area contributed by atoms with E-state index in [0.29, 0.717) is 6.54 Å². The van der Waals surface area contributed by atoms with Gasteiger partial charge in [0.1, 0.15) is 0 Å². The Labute approximate surface area is 68.7 Å². The monoisotopic (exact) mass is 154 g/mol. The molecule has 0 spiro atoms. The lowest BCUT2D eigenvalue weighted by atomic mass is 10.1. The van der Waals surface area contributed by atoms with Gasteiger partial charge in [-0.25, -0.2) is 0 Å². The first kappa shape index (κ1) is 10.4. The Balaban J connectivity index is 3.40. The van der Waals surface area contributed by atoms with Gasteiger partial charge in [0.2, 0.25) is 6.29 Å². The molecule has 0 rings (SSSR count). The highest BCUT2D eigenvalue weighted by Gasteiger charge is 2.03. The van der Waals surface area contributed by atoms with Gasteiger partial charge in [0.25, 0.3) is 0 Å². The van der Waals surface area contributed by atoms with E-state index in [2.05, 4.69) is 18.8 Å². The van der Waals surface area contributed by atoms with Gasteiger partial charge in [-0.05, 0) is 6.42 Å². The highest BCUT2D eigenvalue weighted by Crippen LogP contribution is 1.97. The zero-order chi connectivity index (χ0) is 8.53. The molecule has 2 nitrogen and oxygen atoms in total. The number of unbranched alkanes of at least 4 members (excludes halogenated alkanes) is 1. The summed E-state index contributed by atoms with van der Waals surface area (Å²) in [5.41, 5.74) is 0. The smallest absolute Gasteiger partial charge is 0.216 e. The van der Waals surface area contributed by atoms with Crippen LogP contribution in [-0.4, -0.2) is 18.9 Å². The van der Waals surface area contributed by atoms with Crippen LogP contribution in [0.5, 0.6) is 0 Å². The van der Waals surface area contributed by atoms with Crippen molar-refractivity contribution in [2.75, 3.05) is 6.54 Å². The van der Waals surface area contributed by atoms with E-state index in [1.165, 1.54) is 0 Å². The van der Waals surface area contributed by atoms with Gasteiger partial charge in [0.15, 0.2) is 0 Å². The third-order valence-electron chi connectivity index (χ3n) is 1.50. The molecule has 0 fully saturated rings. The summed E-state index contributed by atoms with van der Waals surface area (Å²) in [6, 6.07) is -0.104. The van der Waals surface area contributed by atoms with Crippen LogP contribution in [-0.2, 0) is 4.79 Å². The molecule has 0 aromatic heterocycles. The summed E-state index contributed by atoms with van der Waals surface area (Å²) in [6.07, 6.45) is 6.78. The van der Waals surface area contributed by atoms with Gasteiger partial charge in [-0.1, -0.05) is 25.8 Å². The van der Waals surface area contributed by atoms with Crippen LogP contribution < -0.4 is 5.32 Å². The van der Waals surface area contributed by atoms with Gasteiger partial charge in [0, 0.05) is 6.54 Å². The largest absolute Gasteiger partial charge is 0.304 e. The fourth-order valence-corrected chi connectivity index (χ4v) is 0.836. The minimum absolute atomic E-state index is 0.104. The predicted molar refractivity (Wildman–Crippen MR) is 47.2 cm³/mol. The molecule has 2 heteroatoms. The molecule has 1 N–H and O–H groups in total. The molecule has 0 bridgehead atoms. The van der Waals surface area contributed by atoms with E-state index in [1.807, 2.05) is 6.29 Å². The third-order valence-corrected chi connectivity index (χ3v) is 1.50. The molecule has 0 heterocycles. The summed E-state index contributed by atoms with van der Waals surface area (Å²) < 4.78 is 0. The molecular weight excluding hydrogens is 138 g/mol. The second-order valence-electron chi connectivity index (χ2n) is 2.51. The number of nitrogens with one attached hydrogen (secondary N) is 1. The van der Waals surface area contributed by atoms with Gasteiger partial charge < -0.3 is 5.32 Å². The molecular formula is C9H16NO. The van der Waals surface area contributed by atoms with Crippen molar-refractivity contribution in [1.29, 1.82) is 0 Å². The second kappa shape index (κ2) is 7.48. The molecule has 0 saturated carbocycles. The van der Waals surface area contributed by atoms with E-state index in [9.17, 15) is 4.79 Å². The maximum absolute atomic E-state index is 10.3. The Morgan fingerprint density at radius 2 is 2.45 bits per heavy atom. The maximum atomic E-state index is 10.3. The summed E-state index contributed by atoms with van der Waals surface area (Å²) in [4.78, 5) is 10.3. The van der Waals surface area contributed by atoms with E-state index in [-0.39, 0.29) is 6.04 Å². The van der Waals surface area contributed by atoms with Gasteiger partial charge in [-0.2, -0.15) is 0 Å². The fraction of sp³-hybridized carbons (Fsp3) is 0.667. The van der Waals surface area contributed by atoms with Crippen LogP contribution in [0.3, 0.4) is 0 Å². The molecule has 1 atom stereocenters. The average Bonchev–Trinajstić information content (AvgIpc) is 2.05. The molecule has 63 valence electrons. The SMILES string of the molecule is C=CCNC([C]=O)CCCC. The number of hydrogen-bond donors (Lipinski definition) is 1. The van der Waals surface area contributed by atoms with Crippen LogP contribution in [0.15, 0.2) is 12.7 Å². The van der Waals surface area contributed by atoms with E-state index in [0.717, 1.165) is 19.3 Å². The van der Waals surface area contributed by atoms with E-state index in [4.69, 9.17) is 0 Å². The minimum Gasteiger partial charge on any atom is -0.304 e. The zero-order valence-electron chi connectivity index (χ0n) is 7.10. The van der Waals surface area contributed by atoms with Gasteiger partial charge in [0.05, 0.1) is 6.04 Å². The van der Waals surface area contributed by atoms with Crippen LogP contribution in [0.1, 0.15) is 26.2 Å². The van der Waals surface area contributed by atoms with E-state index < -0.39 is 0 Å². The molecule has 0 amide bonds. The number of rotatable bonds is 7. The summed E-state index contributed by atoms with van der Waals surface area (Å²) in [6.45, 7) is 6.35. The Kier molecular flexibility index (Phi) is 7.05. The normalized spacial score (nSPS) is 12.5. The topological polar surface area (TPSA) is 29.1 Å². The summed E-state index contributed by atoms with van der Waals surface area (Å²) in [5.74, 6) is 0. The fourth-order valence-electron chi connectivity index (χ4n) is 0.836. The van der Waals surface area contributed by atoms with E-state index >= 15 is 0 Å². The standard InChI is InChI=1S/C9H16NO/c1-3-5-6-9(8-11)10-7-4-2/h4,9-10H,2-3,5-7H2,1H3. The van der Waals surface area contributed by atoms with Crippen LogP contribution in [0, 0.1) is 0 Å². The lowest BCUT2D eigenvalue weighted by molar-refractivity contribution is 0.502. The summed E-state index contributed by atoms with van der Waals surface area (Å²) >= 11 is 0. The number of carbonyl (C=O) groups excluding carboxylic acids is 1. The molecule has 0 aromatic carbocycles. The Morgan fingerprint density at radius 1 is 1.73 bits per heavy atom. The molecule has 0 saturated heterocycles. The summed E-state index contributed by atoms with van der Waals surface area (Å²) in [7, 11) is 0. The van der Waals surface area contributed by atoms with Crippen molar-refractivity contribution < 1.29 is 4.79 Å². The van der Waals surface area contributed by atoms with Crippen LogP contribution >= 0.6 is 0 Å². The first-order chi connectivity index (χ1) is 5.35. The lowest BCUT2D eigenvalue weighted by Gasteiger charge is -2.08. The molecule has 0 aliphatic rings. The van der Waals surface area contributed by atoms with Gasteiger partial charge >= 0.3 is 0 Å². The molecule has 11 heavy (non-hydrogen) atoms.